The standard InChI is InChI=1S/C15H16F3N7O3S2/c1-30(26,27)21-4-9-7-24(2-3-28-9)14-22-13(23-29-14)10-5-20-12-6-19-11(8-25(10)12)15(16,17)18/h5-6,8-9,21H,2-4,7H2,1H3. The van der Waals surface area contributed by atoms with Gasteiger partial charge in [0.1, 0.15) is 5.69 Å². The SMILES string of the molecule is CS(=O)(=O)NCC1CN(c2nc(-c3cnc4cnc(C(F)(F)F)cn34)ns2)CCO1. The van der Waals surface area contributed by atoms with E-state index in [1.807, 2.05) is 4.90 Å². The van der Waals surface area contributed by atoms with Crippen LogP contribution in [0.25, 0.3) is 17.2 Å². The average molecular weight is 463 g/mol. The van der Waals surface area contributed by atoms with Gasteiger partial charge in [0, 0.05) is 37.4 Å². The Labute approximate surface area is 172 Å². The number of nitrogens with one attached hydrogen (secondary N) is 1. The van der Waals surface area contributed by atoms with E-state index in [9.17, 15) is 21.6 Å². The van der Waals surface area contributed by atoms with Gasteiger partial charge in [0.15, 0.2) is 17.2 Å². The highest BCUT2D eigenvalue weighted by Crippen LogP contribution is 2.30. The number of nitrogens with zero attached hydrogens (tertiary/aromatic N) is 6. The maximum atomic E-state index is 13.0. The molecule has 1 saturated heterocycles. The number of morpholine rings is 1. The highest BCUT2D eigenvalue weighted by atomic mass is 32.2. The van der Waals surface area contributed by atoms with Crippen molar-refractivity contribution in [1.82, 2.24) is 28.4 Å². The van der Waals surface area contributed by atoms with Gasteiger partial charge in [-0.15, -0.1) is 0 Å². The van der Waals surface area contributed by atoms with Gasteiger partial charge in [-0.1, -0.05) is 0 Å². The summed E-state index contributed by atoms with van der Waals surface area (Å²) >= 11 is 1.09. The lowest BCUT2D eigenvalue weighted by molar-refractivity contribution is -0.141. The van der Waals surface area contributed by atoms with Gasteiger partial charge in [0.05, 0.1) is 31.4 Å². The molecule has 0 aromatic carbocycles. The summed E-state index contributed by atoms with van der Waals surface area (Å²) in [6.45, 7) is 1.43. The minimum absolute atomic E-state index is 0.126. The Morgan fingerprint density at radius 2 is 2.13 bits per heavy atom. The number of sulfonamides is 1. The molecule has 3 aromatic heterocycles. The Bertz CT molecular complexity index is 1160. The number of ether oxygens (including phenoxy) is 1. The van der Waals surface area contributed by atoms with Crippen molar-refractivity contribution in [3.05, 3.63) is 24.3 Å². The average Bonchev–Trinajstić information content (AvgIpc) is 3.31. The molecule has 1 aliphatic heterocycles. The van der Waals surface area contributed by atoms with Crippen molar-refractivity contribution in [3.63, 3.8) is 0 Å². The van der Waals surface area contributed by atoms with Crippen LogP contribution < -0.4 is 9.62 Å². The summed E-state index contributed by atoms with van der Waals surface area (Å²) in [5, 5.41) is 0.553. The minimum atomic E-state index is -4.58. The number of imidazole rings is 1. The third kappa shape index (κ3) is 4.53. The first-order valence-electron chi connectivity index (χ1n) is 8.66. The van der Waals surface area contributed by atoms with Crippen LogP contribution in [-0.4, -0.2) is 70.7 Å². The zero-order valence-electron chi connectivity index (χ0n) is 15.5. The number of hydrogen-bond acceptors (Lipinski definition) is 9. The summed E-state index contributed by atoms with van der Waals surface area (Å²) in [5.41, 5.74) is -0.490. The Kier molecular flexibility index (Phi) is 5.37. The zero-order chi connectivity index (χ0) is 21.5. The van der Waals surface area contributed by atoms with Gasteiger partial charge < -0.3 is 9.64 Å². The van der Waals surface area contributed by atoms with Crippen LogP contribution in [0.15, 0.2) is 18.6 Å². The molecule has 3 aromatic rings. The Hall–Kier alpha value is -2.36. The molecule has 1 aliphatic rings. The molecule has 0 radical (unpaired) electrons. The number of hydrogen-bond donors (Lipinski definition) is 1. The maximum absolute atomic E-state index is 13.0. The summed E-state index contributed by atoms with van der Waals surface area (Å²) in [7, 11) is -3.33. The lowest BCUT2D eigenvalue weighted by Gasteiger charge is -2.32. The van der Waals surface area contributed by atoms with Gasteiger partial charge in [0.2, 0.25) is 15.2 Å². The second kappa shape index (κ2) is 7.72. The van der Waals surface area contributed by atoms with E-state index in [1.54, 1.807) is 0 Å². The van der Waals surface area contributed by atoms with Crippen molar-refractivity contribution in [2.45, 2.75) is 12.3 Å². The van der Waals surface area contributed by atoms with E-state index in [0.29, 0.717) is 30.5 Å². The third-order valence-corrected chi connectivity index (χ3v) is 5.78. The topological polar surface area (TPSA) is 115 Å². The van der Waals surface area contributed by atoms with Gasteiger partial charge in [-0.2, -0.15) is 22.5 Å². The number of alkyl halides is 3. The molecule has 162 valence electrons. The van der Waals surface area contributed by atoms with Crippen LogP contribution in [0.4, 0.5) is 18.3 Å². The first kappa shape index (κ1) is 20.9. The quantitative estimate of drug-likeness (QED) is 0.597. The third-order valence-electron chi connectivity index (χ3n) is 4.31. The molecule has 1 atom stereocenters. The van der Waals surface area contributed by atoms with E-state index in [1.165, 1.54) is 10.6 Å². The molecule has 4 rings (SSSR count). The Balaban J connectivity index is 1.55. The molecule has 0 bridgehead atoms. The second-order valence-corrected chi connectivity index (χ2v) is 9.17. The fourth-order valence-electron chi connectivity index (χ4n) is 2.91. The molecular formula is C15H16F3N7O3S2. The Morgan fingerprint density at radius 1 is 1.33 bits per heavy atom. The molecule has 0 saturated carbocycles. The zero-order valence-corrected chi connectivity index (χ0v) is 17.1. The van der Waals surface area contributed by atoms with E-state index in [-0.39, 0.29) is 24.1 Å². The first-order valence-corrected chi connectivity index (χ1v) is 11.3. The van der Waals surface area contributed by atoms with E-state index < -0.39 is 21.9 Å². The molecule has 30 heavy (non-hydrogen) atoms. The highest BCUT2D eigenvalue weighted by Gasteiger charge is 2.33. The van der Waals surface area contributed by atoms with Crippen LogP contribution in [0.1, 0.15) is 5.69 Å². The van der Waals surface area contributed by atoms with Crippen LogP contribution in [0.2, 0.25) is 0 Å². The second-order valence-electron chi connectivity index (χ2n) is 6.60. The van der Waals surface area contributed by atoms with Crippen LogP contribution >= 0.6 is 11.5 Å². The molecule has 0 amide bonds. The molecule has 0 aliphatic carbocycles. The van der Waals surface area contributed by atoms with Crippen molar-refractivity contribution in [3.8, 4) is 11.5 Å². The van der Waals surface area contributed by atoms with Gasteiger partial charge >= 0.3 is 6.18 Å². The maximum Gasteiger partial charge on any atom is 0.434 e. The predicted octanol–water partition coefficient (Wildman–Crippen LogP) is 1.02. The molecule has 4 heterocycles. The summed E-state index contributed by atoms with van der Waals surface area (Å²) in [5.74, 6) is 0.235. The molecule has 1 N–H and O–H groups in total. The van der Waals surface area contributed by atoms with Crippen molar-refractivity contribution >= 4 is 32.3 Å². The predicted molar refractivity (Wildman–Crippen MR) is 102 cm³/mol. The molecule has 0 spiro atoms. The minimum Gasteiger partial charge on any atom is -0.373 e. The number of anilines is 1. The molecule has 1 fully saturated rings. The lowest BCUT2D eigenvalue weighted by Crippen LogP contribution is -2.47. The molecule has 1 unspecified atom stereocenters. The summed E-state index contributed by atoms with van der Waals surface area (Å²) in [6.07, 6.45) is -0.585. The summed E-state index contributed by atoms with van der Waals surface area (Å²) in [4.78, 5) is 13.8. The van der Waals surface area contributed by atoms with Crippen LogP contribution in [0.5, 0.6) is 0 Å². The van der Waals surface area contributed by atoms with Gasteiger partial charge in [-0.25, -0.2) is 23.1 Å². The van der Waals surface area contributed by atoms with Crippen molar-refractivity contribution in [2.75, 3.05) is 37.4 Å². The van der Waals surface area contributed by atoms with Crippen LogP contribution in [0, 0.1) is 0 Å². The fraction of sp³-hybridized carbons (Fsp3) is 0.467. The van der Waals surface area contributed by atoms with Gasteiger partial charge in [0.25, 0.3) is 0 Å². The van der Waals surface area contributed by atoms with Gasteiger partial charge in [-0.3, -0.25) is 4.40 Å². The highest BCUT2D eigenvalue weighted by molar-refractivity contribution is 7.88. The van der Waals surface area contributed by atoms with E-state index in [0.717, 1.165) is 30.2 Å². The van der Waals surface area contributed by atoms with Gasteiger partial charge in [-0.05, 0) is 0 Å². The number of fused-ring (bicyclic) bond motifs is 1. The summed E-state index contributed by atoms with van der Waals surface area (Å²) < 4.78 is 75.0. The van der Waals surface area contributed by atoms with Crippen LogP contribution in [-0.2, 0) is 20.9 Å². The fourth-order valence-corrected chi connectivity index (χ4v) is 4.11. The first-order chi connectivity index (χ1) is 14.1. The largest absolute Gasteiger partial charge is 0.434 e. The van der Waals surface area contributed by atoms with Crippen molar-refractivity contribution in [1.29, 1.82) is 0 Å². The number of rotatable bonds is 5. The lowest BCUT2D eigenvalue weighted by atomic mass is 10.3. The Morgan fingerprint density at radius 3 is 2.87 bits per heavy atom. The van der Waals surface area contributed by atoms with E-state index in [2.05, 4.69) is 24.0 Å². The van der Waals surface area contributed by atoms with Crippen molar-refractivity contribution < 1.29 is 26.3 Å². The number of aromatic nitrogens is 5. The molecular weight excluding hydrogens is 447 g/mol. The molecule has 10 nitrogen and oxygen atoms in total. The van der Waals surface area contributed by atoms with Crippen molar-refractivity contribution in [2.24, 2.45) is 0 Å². The summed E-state index contributed by atoms with van der Waals surface area (Å²) in [6, 6.07) is 0. The normalized spacial score (nSPS) is 18.3. The molecule has 15 heteroatoms. The van der Waals surface area contributed by atoms with E-state index >= 15 is 0 Å². The smallest absolute Gasteiger partial charge is 0.373 e. The van der Waals surface area contributed by atoms with E-state index in [4.69, 9.17) is 4.74 Å². The monoisotopic (exact) mass is 463 g/mol. The number of halogens is 3. The van der Waals surface area contributed by atoms with Crippen LogP contribution in [0.3, 0.4) is 0 Å².